The van der Waals surface area contributed by atoms with E-state index in [1.807, 2.05) is 60.7 Å². The molecular formula is C26H36ClNO2. The topological polar surface area (TPSA) is 29.5 Å². The van der Waals surface area contributed by atoms with Gasteiger partial charge in [0.05, 0.1) is 0 Å². The maximum absolute atomic E-state index is 13.7. The molecule has 0 radical (unpaired) electrons. The molecule has 2 aromatic rings. The Kier molecular flexibility index (Phi) is 8.93. The van der Waals surface area contributed by atoms with Crippen LogP contribution >= 0.6 is 12.4 Å². The Labute approximate surface area is 188 Å². The number of halogens is 1. The van der Waals surface area contributed by atoms with Crippen molar-refractivity contribution in [2.75, 3.05) is 20.6 Å². The first kappa shape index (κ1) is 24.4. The van der Waals surface area contributed by atoms with Gasteiger partial charge >= 0.3 is 5.97 Å². The number of ether oxygens (including phenoxy) is 1. The Hall–Kier alpha value is -1.84. The first-order chi connectivity index (χ1) is 13.9. The Balaban J connectivity index is 0.00000320. The number of esters is 1. The molecule has 0 amide bonds. The van der Waals surface area contributed by atoms with Crippen molar-refractivity contribution < 1.29 is 9.53 Å². The van der Waals surface area contributed by atoms with Crippen LogP contribution in [0, 0.1) is 11.8 Å². The Morgan fingerprint density at radius 1 is 1.00 bits per heavy atom. The van der Waals surface area contributed by atoms with E-state index in [0.29, 0.717) is 5.92 Å². The van der Waals surface area contributed by atoms with Crippen molar-refractivity contribution in [1.29, 1.82) is 0 Å². The third kappa shape index (κ3) is 5.44. The molecule has 3 nitrogen and oxygen atoms in total. The SMILES string of the molecule is CC(C)C1(OC(=O)C(c2ccccc2)c2ccccc2)CCCCC1CN(C)C.Cl. The van der Waals surface area contributed by atoms with Gasteiger partial charge in [0.15, 0.2) is 0 Å². The molecule has 0 heterocycles. The fourth-order valence-corrected chi connectivity index (χ4v) is 4.94. The van der Waals surface area contributed by atoms with Crippen molar-refractivity contribution in [3.8, 4) is 0 Å². The van der Waals surface area contributed by atoms with E-state index < -0.39 is 11.5 Å². The molecule has 0 N–H and O–H groups in total. The first-order valence-electron chi connectivity index (χ1n) is 10.9. The number of rotatable bonds is 7. The minimum atomic E-state index is -0.401. The lowest BCUT2D eigenvalue weighted by atomic mass is 9.69. The molecule has 0 aromatic heterocycles. The summed E-state index contributed by atoms with van der Waals surface area (Å²) in [5.74, 6) is 0.128. The van der Waals surface area contributed by atoms with Crippen LogP contribution in [0.15, 0.2) is 60.7 Å². The lowest BCUT2D eigenvalue weighted by molar-refractivity contribution is -0.181. The number of carbonyl (C=O) groups excluding carboxylic acids is 1. The highest BCUT2D eigenvalue weighted by Gasteiger charge is 2.47. The Morgan fingerprint density at radius 2 is 1.53 bits per heavy atom. The zero-order valence-corrected chi connectivity index (χ0v) is 19.5. The maximum Gasteiger partial charge on any atom is 0.318 e. The van der Waals surface area contributed by atoms with Crippen molar-refractivity contribution in [2.24, 2.45) is 11.8 Å². The summed E-state index contributed by atoms with van der Waals surface area (Å²) in [7, 11) is 4.22. The Morgan fingerprint density at radius 3 is 2.00 bits per heavy atom. The zero-order chi connectivity index (χ0) is 20.9. The molecule has 2 unspecified atom stereocenters. The molecule has 0 spiro atoms. The summed E-state index contributed by atoms with van der Waals surface area (Å²) < 4.78 is 6.56. The van der Waals surface area contributed by atoms with Crippen LogP contribution in [0.25, 0.3) is 0 Å². The average molecular weight is 430 g/mol. The van der Waals surface area contributed by atoms with Crippen LogP contribution in [0.2, 0.25) is 0 Å². The van der Waals surface area contributed by atoms with Crippen molar-refractivity contribution in [3.63, 3.8) is 0 Å². The lowest BCUT2D eigenvalue weighted by Crippen LogP contribution is -2.52. The predicted molar refractivity (Wildman–Crippen MR) is 126 cm³/mol. The van der Waals surface area contributed by atoms with Crippen molar-refractivity contribution in [3.05, 3.63) is 71.8 Å². The highest BCUT2D eigenvalue weighted by atomic mass is 35.5. The second-order valence-electron chi connectivity index (χ2n) is 8.99. The van der Waals surface area contributed by atoms with E-state index in [9.17, 15) is 4.79 Å². The number of carbonyl (C=O) groups is 1. The van der Waals surface area contributed by atoms with Crippen LogP contribution in [0.3, 0.4) is 0 Å². The molecule has 0 aliphatic heterocycles. The number of hydrogen-bond donors (Lipinski definition) is 0. The summed E-state index contributed by atoms with van der Waals surface area (Å²) in [6, 6.07) is 20.1. The highest BCUT2D eigenvalue weighted by Crippen LogP contribution is 2.44. The van der Waals surface area contributed by atoms with Gasteiger partial charge in [-0.25, -0.2) is 0 Å². The van der Waals surface area contributed by atoms with Crippen LogP contribution in [0.4, 0.5) is 0 Å². The summed E-state index contributed by atoms with van der Waals surface area (Å²) in [5, 5.41) is 0. The average Bonchev–Trinajstić information content (AvgIpc) is 2.71. The monoisotopic (exact) mass is 429 g/mol. The quantitative estimate of drug-likeness (QED) is 0.511. The van der Waals surface area contributed by atoms with Crippen molar-refractivity contribution >= 4 is 18.4 Å². The van der Waals surface area contributed by atoms with Crippen molar-refractivity contribution in [2.45, 2.75) is 51.0 Å². The van der Waals surface area contributed by atoms with Crippen LogP contribution in [-0.4, -0.2) is 37.1 Å². The molecule has 0 bridgehead atoms. The van der Waals surface area contributed by atoms with Crippen molar-refractivity contribution in [1.82, 2.24) is 4.90 Å². The lowest BCUT2D eigenvalue weighted by Gasteiger charge is -2.47. The number of hydrogen-bond acceptors (Lipinski definition) is 3. The summed E-state index contributed by atoms with van der Waals surface area (Å²) in [6.07, 6.45) is 4.40. The predicted octanol–water partition coefficient (Wildman–Crippen LogP) is 5.93. The van der Waals surface area contributed by atoms with Crippen LogP contribution in [0.1, 0.15) is 56.6 Å². The maximum atomic E-state index is 13.7. The summed E-state index contributed by atoms with van der Waals surface area (Å²) in [4.78, 5) is 15.9. The van der Waals surface area contributed by atoms with Crippen LogP contribution < -0.4 is 0 Å². The molecule has 2 atom stereocenters. The van der Waals surface area contributed by atoms with Gasteiger partial charge in [0.2, 0.25) is 0 Å². The number of nitrogens with zero attached hydrogens (tertiary/aromatic N) is 1. The summed E-state index contributed by atoms with van der Waals surface area (Å²) >= 11 is 0. The molecule has 4 heteroatoms. The van der Waals surface area contributed by atoms with Gasteiger partial charge in [-0.2, -0.15) is 0 Å². The fraction of sp³-hybridized carbons (Fsp3) is 0.500. The summed E-state index contributed by atoms with van der Waals surface area (Å²) in [5.41, 5.74) is 1.58. The molecule has 0 saturated heterocycles. The molecule has 1 aliphatic rings. The van der Waals surface area contributed by atoms with E-state index in [1.165, 1.54) is 6.42 Å². The van der Waals surface area contributed by atoms with Gasteiger partial charge in [0.25, 0.3) is 0 Å². The Bertz CT molecular complexity index is 739. The van der Waals surface area contributed by atoms with E-state index >= 15 is 0 Å². The second kappa shape index (κ2) is 11.0. The third-order valence-corrected chi connectivity index (χ3v) is 6.42. The van der Waals surface area contributed by atoms with Gasteiger partial charge in [-0.3, -0.25) is 4.79 Å². The summed E-state index contributed by atoms with van der Waals surface area (Å²) in [6.45, 7) is 5.37. The molecule has 30 heavy (non-hydrogen) atoms. The molecule has 1 fully saturated rings. The van der Waals surface area contributed by atoms with Gasteiger partial charge in [0.1, 0.15) is 11.5 Å². The van der Waals surface area contributed by atoms with Crippen LogP contribution in [0.5, 0.6) is 0 Å². The first-order valence-corrected chi connectivity index (χ1v) is 10.9. The van der Waals surface area contributed by atoms with E-state index in [2.05, 4.69) is 32.8 Å². The largest absolute Gasteiger partial charge is 0.458 e. The minimum Gasteiger partial charge on any atom is -0.458 e. The normalized spacial score (nSPS) is 21.5. The van der Waals surface area contributed by atoms with E-state index in [0.717, 1.165) is 36.9 Å². The van der Waals surface area contributed by atoms with Gasteiger partial charge < -0.3 is 9.64 Å². The third-order valence-electron chi connectivity index (χ3n) is 6.42. The smallest absolute Gasteiger partial charge is 0.318 e. The second-order valence-corrected chi connectivity index (χ2v) is 8.99. The molecule has 1 aliphatic carbocycles. The molecular weight excluding hydrogens is 394 g/mol. The number of benzene rings is 2. The van der Waals surface area contributed by atoms with E-state index in [-0.39, 0.29) is 24.3 Å². The highest BCUT2D eigenvalue weighted by molar-refractivity contribution is 5.85. The standard InChI is InChI=1S/C26H35NO2.ClH/c1-20(2)26(18-12-11-17-23(26)19-27(3)4)29-25(28)24(21-13-7-5-8-14-21)22-15-9-6-10-16-22;/h5-10,13-16,20,23-24H,11-12,17-19H2,1-4H3;1H. The van der Waals surface area contributed by atoms with Gasteiger partial charge in [-0.05, 0) is 50.4 Å². The van der Waals surface area contributed by atoms with Gasteiger partial charge in [-0.15, -0.1) is 12.4 Å². The zero-order valence-electron chi connectivity index (χ0n) is 18.7. The van der Waals surface area contributed by atoms with Crippen LogP contribution in [-0.2, 0) is 9.53 Å². The minimum absolute atomic E-state index is 0. The molecule has 1 saturated carbocycles. The molecule has 3 rings (SSSR count). The van der Waals surface area contributed by atoms with Gasteiger partial charge in [0, 0.05) is 12.5 Å². The van der Waals surface area contributed by atoms with E-state index in [1.54, 1.807) is 0 Å². The fourth-order valence-electron chi connectivity index (χ4n) is 4.94. The van der Waals surface area contributed by atoms with E-state index in [4.69, 9.17) is 4.74 Å². The van der Waals surface area contributed by atoms with Gasteiger partial charge in [-0.1, -0.05) is 80.9 Å². The molecule has 2 aromatic carbocycles. The molecule has 164 valence electrons.